The van der Waals surface area contributed by atoms with Crippen LogP contribution in [0.15, 0.2) is 12.4 Å². The molecule has 4 rings (SSSR count). The van der Waals surface area contributed by atoms with Gasteiger partial charge in [-0.1, -0.05) is 25.2 Å². The number of aryl methyl sites for hydroxylation is 2. The van der Waals surface area contributed by atoms with E-state index < -0.39 is 0 Å². The highest BCUT2D eigenvalue weighted by molar-refractivity contribution is 7.18. The van der Waals surface area contributed by atoms with Crippen molar-refractivity contribution in [2.75, 3.05) is 36.0 Å². The minimum atomic E-state index is 0. The minimum Gasteiger partial charge on any atom is -0.352 e. The number of anilines is 2. The van der Waals surface area contributed by atoms with Crippen LogP contribution >= 0.6 is 47.5 Å². The summed E-state index contributed by atoms with van der Waals surface area (Å²) in [5, 5.41) is 11.9. The third-order valence-electron chi connectivity index (χ3n) is 4.32. The normalized spacial score (nSPS) is 14.2. The lowest BCUT2D eigenvalue weighted by molar-refractivity contribution is 0.645. The topological polar surface area (TPSA) is 58.0 Å². The molecule has 6 nitrogen and oxygen atoms in total. The van der Waals surface area contributed by atoms with E-state index in [1.165, 1.54) is 10.3 Å². The van der Waals surface area contributed by atoms with Crippen LogP contribution in [0.4, 0.5) is 10.9 Å². The Hall–Kier alpha value is -1.22. The highest BCUT2D eigenvalue weighted by Gasteiger charge is 2.22. The lowest BCUT2D eigenvalue weighted by atomic mass is 10.2. The van der Waals surface area contributed by atoms with E-state index in [9.17, 15) is 0 Å². The monoisotopic (exact) mass is 432 g/mol. The first-order chi connectivity index (χ1) is 11.8. The van der Waals surface area contributed by atoms with E-state index in [0.29, 0.717) is 0 Å². The van der Waals surface area contributed by atoms with Crippen molar-refractivity contribution in [3.63, 3.8) is 0 Å². The van der Waals surface area contributed by atoms with Crippen LogP contribution < -0.4 is 9.80 Å². The van der Waals surface area contributed by atoms with Crippen molar-refractivity contribution in [3.8, 4) is 0 Å². The average Bonchev–Trinajstić information content (AvgIpc) is 3.28. The second-order valence-corrected chi connectivity index (χ2v) is 7.94. The van der Waals surface area contributed by atoms with E-state index in [-0.39, 0.29) is 24.8 Å². The molecule has 0 amide bonds. The highest BCUT2D eigenvalue weighted by Crippen LogP contribution is 2.31. The summed E-state index contributed by atoms with van der Waals surface area (Å²) in [6.07, 6.45) is 3.69. The summed E-state index contributed by atoms with van der Waals surface area (Å²) < 4.78 is 0. The molecule has 0 bridgehead atoms. The van der Waals surface area contributed by atoms with Crippen LogP contribution in [0.1, 0.15) is 23.7 Å². The molecule has 0 unspecified atom stereocenters. The van der Waals surface area contributed by atoms with E-state index >= 15 is 0 Å². The zero-order valence-electron chi connectivity index (χ0n) is 14.7. The molecule has 3 aromatic rings. The molecule has 26 heavy (non-hydrogen) atoms. The average molecular weight is 433 g/mol. The van der Waals surface area contributed by atoms with Gasteiger partial charge >= 0.3 is 0 Å². The Kier molecular flexibility index (Phi) is 7.40. The predicted molar refractivity (Wildman–Crippen MR) is 115 cm³/mol. The van der Waals surface area contributed by atoms with Crippen molar-refractivity contribution in [1.82, 2.24) is 20.2 Å². The highest BCUT2D eigenvalue weighted by atomic mass is 35.5. The summed E-state index contributed by atoms with van der Waals surface area (Å²) in [5.41, 5.74) is 0. The maximum Gasteiger partial charge on any atom is 0.208 e. The van der Waals surface area contributed by atoms with Crippen LogP contribution in [0.3, 0.4) is 0 Å². The first-order valence-corrected chi connectivity index (χ1v) is 9.97. The van der Waals surface area contributed by atoms with Crippen molar-refractivity contribution in [2.24, 2.45) is 0 Å². The number of thiophene rings is 1. The van der Waals surface area contributed by atoms with E-state index in [4.69, 9.17) is 0 Å². The van der Waals surface area contributed by atoms with Crippen molar-refractivity contribution in [2.45, 2.75) is 26.7 Å². The zero-order valence-corrected chi connectivity index (χ0v) is 18.0. The number of rotatable bonds is 4. The summed E-state index contributed by atoms with van der Waals surface area (Å²) in [5.74, 6) is 1.07. The molecule has 0 saturated carbocycles. The molecule has 3 aromatic heterocycles. The second-order valence-electron chi connectivity index (χ2n) is 5.79. The van der Waals surface area contributed by atoms with Crippen molar-refractivity contribution >= 4 is 68.7 Å². The molecule has 0 aromatic carbocycles. The molecule has 0 atom stereocenters. The summed E-state index contributed by atoms with van der Waals surface area (Å²) in [4.78, 5) is 16.2. The third kappa shape index (κ3) is 4.03. The van der Waals surface area contributed by atoms with Gasteiger partial charge in [-0.25, -0.2) is 9.97 Å². The van der Waals surface area contributed by atoms with Gasteiger partial charge in [0, 0.05) is 31.1 Å². The molecule has 0 N–H and O–H groups in total. The van der Waals surface area contributed by atoms with Crippen molar-refractivity contribution in [3.05, 3.63) is 22.3 Å². The number of piperazine rings is 1. The van der Waals surface area contributed by atoms with Gasteiger partial charge in [0.1, 0.15) is 22.0 Å². The number of halogens is 2. The number of hydrogen-bond acceptors (Lipinski definition) is 8. The molecule has 1 aliphatic heterocycles. The SMILES string of the molecule is CCc1cc2c(N3CCN(c4nnc(CC)s4)CC3)ncnc2s1.Cl.Cl. The van der Waals surface area contributed by atoms with Gasteiger partial charge in [-0.2, -0.15) is 0 Å². The Morgan fingerprint density at radius 2 is 1.65 bits per heavy atom. The molecule has 1 fully saturated rings. The fraction of sp³-hybridized carbons (Fsp3) is 0.500. The van der Waals surface area contributed by atoms with Gasteiger partial charge in [-0.15, -0.1) is 46.3 Å². The number of nitrogens with zero attached hydrogens (tertiary/aromatic N) is 6. The smallest absolute Gasteiger partial charge is 0.208 e. The van der Waals surface area contributed by atoms with Crippen LogP contribution in [0.2, 0.25) is 0 Å². The van der Waals surface area contributed by atoms with Crippen molar-refractivity contribution < 1.29 is 0 Å². The quantitative estimate of drug-likeness (QED) is 0.623. The second kappa shape index (κ2) is 9.12. The van der Waals surface area contributed by atoms with E-state index in [2.05, 4.69) is 49.9 Å². The van der Waals surface area contributed by atoms with Crippen LogP contribution in [0.25, 0.3) is 10.2 Å². The third-order valence-corrected chi connectivity index (χ3v) is 6.63. The molecule has 4 heterocycles. The molecular weight excluding hydrogens is 411 g/mol. The molecule has 10 heteroatoms. The zero-order chi connectivity index (χ0) is 16.5. The minimum absolute atomic E-state index is 0. The van der Waals surface area contributed by atoms with Gasteiger partial charge in [0.05, 0.1) is 5.39 Å². The summed E-state index contributed by atoms with van der Waals surface area (Å²) in [7, 11) is 0. The lowest BCUT2D eigenvalue weighted by Gasteiger charge is -2.35. The van der Waals surface area contributed by atoms with Gasteiger partial charge in [-0.3, -0.25) is 0 Å². The summed E-state index contributed by atoms with van der Waals surface area (Å²) >= 11 is 3.48. The van der Waals surface area contributed by atoms with Crippen LogP contribution in [-0.2, 0) is 12.8 Å². The Bertz CT molecular complexity index is 844. The van der Waals surface area contributed by atoms with Gasteiger partial charge in [0.2, 0.25) is 5.13 Å². The van der Waals surface area contributed by atoms with Gasteiger partial charge in [0.15, 0.2) is 0 Å². The molecule has 142 valence electrons. The van der Waals surface area contributed by atoms with Crippen LogP contribution in [0, 0.1) is 0 Å². The van der Waals surface area contributed by atoms with Crippen LogP contribution in [0.5, 0.6) is 0 Å². The van der Waals surface area contributed by atoms with E-state index in [0.717, 1.165) is 59.8 Å². The fourth-order valence-corrected chi connectivity index (χ4v) is 4.70. The van der Waals surface area contributed by atoms with Crippen LogP contribution in [-0.4, -0.2) is 46.3 Å². The number of hydrogen-bond donors (Lipinski definition) is 0. The van der Waals surface area contributed by atoms with Gasteiger partial charge in [-0.05, 0) is 18.9 Å². The van der Waals surface area contributed by atoms with E-state index in [1.54, 1.807) is 29.0 Å². The summed E-state index contributed by atoms with van der Waals surface area (Å²) in [6.45, 7) is 8.11. The maximum atomic E-state index is 4.57. The number of aromatic nitrogens is 4. The van der Waals surface area contributed by atoms with E-state index in [1.807, 2.05) is 0 Å². The molecule has 1 saturated heterocycles. The van der Waals surface area contributed by atoms with Gasteiger partial charge in [0.25, 0.3) is 0 Å². The predicted octanol–water partition coefficient (Wildman–Crippen LogP) is 3.84. The maximum absolute atomic E-state index is 4.57. The Labute approximate surface area is 173 Å². The van der Waals surface area contributed by atoms with Crippen molar-refractivity contribution in [1.29, 1.82) is 0 Å². The molecule has 0 aliphatic carbocycles. The van der Waals surface area contributed by atoms with Gasteiger partial charge < -0.3 is 9.80 Å². The number of fused-ring (bicyclic) bond motifs is 1. The molecule has 0 radical (unpaired) electrons. The standard InChI is InChI=1S/C16H20N6S2.2ClH/c1-3-11-9-12-14(17-10-18-15(12)23-11)21-5-7-22(8-6-21)16-20-19-13(4-2)24-16;;/h9-10H,3-8H2,1-2H3;2*1H. The fourth-order valence-electron chi connectivity index (χ4n) is 2.94. The Morgan fingerprint density at radius 3 is 2.31 bits per heavy atom. The molecule has 1 aliphatic rings. The summed E-state index contributed by atoms with van der Waals surface area (Å²) in [6, 6.07) is 2.25. The Balaban J connectivity index is 0.00000121. The Morgan fingerprint density at radius 1 is 0.923 bits per heavy atom. The molecular formula is C16H22Cl2N6S2. The first kappa shape index (κ1) is 21.1. The largest absolute Gasteiger partial charge is 0.352 e. The first-order valence-electron chi connectivity index (χ1n) is 8.34. The molecule has 0 spiro atoms. The lowest BCUT2D eigenvalue weighted by Crippen LogP contribution is -2.46.